The number of carbonyl (C=O) groups excluding carboxylic acids is 1. The third-order valence-corrected chi connectivity index (χ3v) is 5.75. The minimum Gasteiger partial charge on any atom is -0.495 e. The molecule has 150 valence electrons. The van der Waals surface area contributed by atoms with E-state index in [2.05, 4.69) is 28.3 Å². The molecular weight excluding hydrogens is 354 g/mol. The van der Waals surface area contributed by atoms with E-state index in [0.29, 0.717) is 23.3 Å². The summed E-state index contributed by atoms with van der Waals surface area (Å²) in [6, 6.07) is 5.73. The van der Waals surface area contributed by atoms with Crippen LogP contribution < -0.4 is 14.8 Å². The molecule has 1 aliphatic rings. The summed E-state index contributed by atoms with van der Waals surface area (Å²) in [5.41, 5.74) is 1.81. The van der Waals surface area contributed by atoms with Crippen LogP contribution in [0.1, 0.15) is 60.9 Å². The average Bonchev–Trinajstić information content (AvgIpc) is 2.77. The molecular formula is C22H29N3O3. The van der Waals surface area contributed by atoms with Crippen LogP contribution in [0, 0.1) is 5.92 Å². The number of aromatic nitrogens is 2. The molecule has 2 aromatic heterocycles. The van der Waals surface area contributed by atoms with E-state index < -0.39 is 0 Å². The molecule has 0 spiro atoms. The molecule has 2 aromatic rings. The summed E-state index contributed by atoms with van der Waals surface area (Å²) >= 11 is 0. The van der Waals surface area contributed by atoms with Crippen molar-refractivity contribution in [3.05, 3.63) is 47.9 Å². The molecule has 0 saturated heterocycles. The number of hydrogen-bond donors (Lipinski definition) is 1. The molecule has 1 unspecified atom stereocenters. The van der Waals surface area contributed by atoms with Crippen molar-refractivity contribution in [2.24, 2.45) is 5.92 Å². The minimum absolute atomic E-state index is 0.0684. The van der Waals surface area contributed by atoms with Crippen LogP contribution in [0.3, 0.4) is 0 Å². The average molecular weight is 383 g/mol. The van der Waals surface area contributed by atoms with Crippen LogP contribution in [0.15, 0.2) is 36.8 Å². The van der Waals surface area contributed by atoms with E-state index in [1.54, 1.807) is 38.7 Å². The molecule has 1 amide bonds. The Bertz CT molecular complexity index is 771. The van der Waals surface area contributed by atoms with Gasteiger partial charge >= 0.3 is 0 Å². The number of ether oxygens (including phenoxy) is 2. The van der Waals surface area contributed by atoms with Gasteiger partial charge in [-0.05, 0) is 61.6 Å². The van der Waals surface area contributed by atoms with E-state index in [-0.39, 0.29) is 11.9 Å². The molecule has 6 heteroatoms. The molecule has 1 aliphatic carbocycles. The van der Waals surface area contributed by atoms with Crippen LogP contribution in [-0.2, 0) is 0 Å². The molecule has 1 fully saturated rings. The highest BCUT2D eigenvalue weighted by molar-refractivity contribution is 5.94. The van der Waals surface area contributed by atoms with Crippen LogP contribution in [0.5, 0.6) is 11.6 Å². The van der Waals surface area contributed by atoms with Crippen molar-refractivity contribution in [3.8, 4) is 11.6 Å². The predicted octanol–water partition coefficient (Wildman–Crippen LogP) is 3.98. The van der Waals surface area contributed by atoms with Gasteiger partial charge in [0.05, 0.1) is 26.0 Å². The Labute approximate surface area is 166 Å². The van der Waals surface area contributed by atoms with E-state index in [9.17, 15) is 4.79 Å². The lowest BCUT2D eigenvalue weighted by Gasteiger charge is -2.34. The Morgan fingerprint density at radius 3 is 2.54 bits per heavy atom. The molecule has 0 bridgehead atoms. The fraction of sp³-hybridized carbons (Fsp3) is 0.500. The molecule has 0 radical (unpaired) electrons. The maximum Gasteiger partial charge on any atom is 0.253 e. The van der Waals surface area contributed by atoms with Crippen molar-refractivity contribution >= 4 is 5.91 Å². The molecule has 3 rings (SSSR count). The summed E-state index contributed by atoms with van der Waals surface area (Å²) in [4.78, 5) is 21.0. The molecule has 1 N–H and O–H groups in total. The van der Waals surface area contributed by atoms with Crippen LogP contribution in [0.25, 0.3) is 0 Å². The fourth-order valence-electron chi connectivity index (χ4n) is 4.07. The van der Waals surface area contributed by atoms with Gasteiger partial charge in [-0.3, -0.25) is 9.78 Å². The number of carbonyl (C=O) groups is 1. The van der Waals surface area contributed by atoms with Crippen molar-refractivity contribution in [1.29, 1.82) is 0 Å². The SMILES string of the molecule is CCC(NC(=O)c1ccc(OC)nc1)C1CCC(c2cncc(OC)c2)CC1. The fourth-order valence-corrected chi connectivity index (χ4v) is 4.07. The summed E-state index contributed by atoms with van der Waals surface area (Å²) in [5.74, 6) is 2.26. The second kappa shape index (κ2) is 9.53. The maximum absolute atomic E-state index is 12.6. The normalized spacial score (nSPS) is 20.2. The Morgan fingerprint density at radius 2 is 1.93 bits per heavy atom. The third kappa shape index (κ3) is 4.80. The Balaban J connectivity index is 1.57. The van der Waals surface area contributed by atoms with Gasteiger partial charge < -0.3 is 14.8 Å². The first kappa shape index (κ1) is 20.1. The van der Waals surface area contributed by atoms with Gasteiger partial charge in [0.1, 0.15) is 5.75 Å². The summed E-state index contributed by atoms with van der Waals surface area (Å²) in [7, 11) is 3.23. The summed E-state index contributed by atoms with van der Waals surface area (Å²) in [6.07, 6.45) is 10.6. The standard InChI is InChI=1S/C22H29N3O3/c1-4-20(25-22(26)17-9-10-21(28-3)24-13-17)16-7-5-15(6-8-16)18-11-19(27-2)14-23-12-18/h9-16,20H,4-8H2,1-3H3,(H,25,26). The number of pyridine rings is 2. The topological polar surface area (TPSA) is 73.3 Å². The summed E-state index contributed by atoms with van der Waals surface area (Å²) in [5, 5.41) is 3.21. The van der Waals surface area contributed by atoms with Crippen molar-refractivity contribution in [1.82, 2.24) is 15.3 Å². The zero-order valence-electron chi connectivity index (χ0n) is 16.9. The Hall–Kier alpha value is -2.63. The first-order valence-corrected chi connectivity index (χ1v) is 9.94. The van der Waals surface area contributed by atoms with E-state index in [1.165, 1.54) is 5.56 Å². The smallest absolute Gasteiger partial charge is 0.253 e. The number of nitrogens with one attached hydrogen (secondary N) is 1. The van der Waals surface area contributed by atoms with E-state index in [0.717, 1.165) is 37.9 Å². The first-order chi connectivity index (χ1) is 13.6. The molecule has 2 heterocycles. The van der Waals surface area contributed by atoms with Crippen LogP contribution in [0.2, 0.25) is 0 Å². The van der Waals surface area contributed by atoms with E-state index in [1.807, 2.05) is 6.20 Å². The Morgan fingerprint density at radius 1 is 1.14 bits per heavy atom. The van der Waals surface area contributed by atoms with Gasteiger partial charge in [-0.25, -0.2) is 4.98 Å². The van der Waals surface area contributed by atoms with Gasteiger partial charge in [-0.15, -0.1) is 0 Å². The highest BCUT2D eigenvalue weighted by atomic mass is 16.5. The number of methoxy groups -OCH3 is 2. The number of nitrogens with zero attached hydrogens (tertiary/aromatic N) is 2. The molecule has 0 aliphatic heterocycles. The van der Waals surface area contributed by atoms with Gasteiger partial charge in [0.25, 0.3) is 5.91 Å². The van der Waals surface area contributed by atoms with Crippen molar-refractivity contribution in [2.45, 2.75) is 51.0 Å². The van der Waals surface area contributed by atoms with Gasteiger partial charge in [-0.1, -0.05) is 6.92 Å². The molecule has 28 heavy (non-hydrogen) atoms. The van der Waals surface area contributed by atoms with E-state index in [4.69, 9.17) is 9.47 Å². The van der Waals surface area contributed by atoms with Crippen LogP contribution >= 0.6 is 0 Å². The quantitative estimate of drug-likeness (QED) is 0.783. The highest BCUT2D eigenvalue weighted by Gasteiger charge is 2.29. The molecule has 0 aromatic carbocycles. The number of rotatable bonds is 7. The molecule has 1 atom stereocenters. The third-order valence-electron chi connectivity index (χ3n) is 5.75. The molecule has 1 saturated carbocycles. The van der Waals surface area contributed by atoms with Gasteiger partial charge in [-0.2, -0.15) is 0 Å². The second-order valence-corrected chi connectivity index (χ2v) is 7.35. The summed E-state index contributed by atoms with van der Waals surface area (Å²) in [6.45, 7) is 2.13. The monoisotopic (exact) mass is 383 g/mol. The zero-order chi connectivity index (χ0) is 19.9. The van der Waals surface area contributed by atoms with Gasteiger partial charge in [0.15, 0.2) is 0 Å². The first-order valence-electron chi connectivity index (χ1n) is 9.94. The number of amides is 1. The Kier molecular flexibility index (Phi) is 6.85. The predicted molar refractivity (Wildman–Crippen MR) is 108 cm³/mol. The lowest BCUT2D eigenvalue weighted by molar-refractivity contribution is 0.0909. The van der Waals surface area contributed by atoms with Crippen molar-refractivity contribution < 1.29 is 14.3 Å². The minimum atomic E-state index is -0.0684. The summed E-state index contributed by atoms with van der Waals surface area (Å²) < 4.78 is 10.4. The zero-order valence-corrected chi connectivity index (χ0v) is 16.9. The van der Waals surface area contributed by atoms with Gasteiger partial charge in [0, 0.05) is 24.5 Å². The largest absolute Gasteiger partial charge is 0.495 e. The lowest BCUT2D eigenvalue weighted by Crippen LogP contribution is -2.41. The lowest BCUT2D eigenvalue weighted by atomic mass is 9.75. The highest BCUT2D eigenvalue weighted by Crippen LogP contribution is 2.38. The van der Waals surface area contributed by atoms with Crippen molar-refractivity contribution in [2.75, 3.05) is 14.2 Å². The maximum atomic E-state index is 12.6. The van der Waals surface area contributed by atoms with Crippen molar-refractivity contribution in [3.63, 3.8) is 0 Å². The number of hydrogen-bond acceptors (Lipinski definition) is 5. The molecule has 6 nitrogen and oxygen atoms in total. The van der Waals surface area contributed by atoms with Gasteiger partial charge in [0.2, 0.25) is 5.88 Å². The van der Waals surface area contributed by atoms with Crippen LogP contribution in [0.4, 0.5) is 0 Å². The second-order valence-electron chi connectivity index (χ2n) is 7.35. The van der Waals surface area contributed by atoms with E-state index >= 15 is 0 Å². The van der Waals surface area contributed by atoms with Crippen LogP contribution in [-0.4, -0.2) is 36.1 Å².